The number of likely N-dealkylation sites (tertiary alicyclic amines) is 1. The highest BCUT2D eigenvalue weighted by atomic mass is 16.5. The molecule has 2 aromatic rings. The lowest BCUT2D eigenvalue weighted by Gasteiger charge is -2.32. The van der Waals surface area contributed by atoms with E-state index in [0.29, 0.717) is 13.1 Å². The fraction of sp³-hybridized carbons (Fsp3) is 0.375. The smallest absolute Gasteiger partial charge is 0.274 e. The van der Waals surface area contributed by atoms with Gasteiger partial charge in [0.15, 0.2) is 0 Å². The molecule has 9 nitrogen and oxygen atoms in total. The number of ether oxygens (including phenoxy) is 1. The summed E-state index contributed by atoms with van der Waals surface area (Å²) in [5, 5.41) is 13.0. The van der Waals surface area contributed by atoms with E-state index in [1.54, 1.807) is 4.90 Å². The summed E-state index contributed by atoms with van der Waals surface area (Å²) in [6, 6.07) is 4.67. The van der Waals surface area contributed by atoms with Gasteiger partial charge in [-0.05, 0) is 18.9 Å². The van der Waals surface area contributed by atoms with Crippen molar-refractivity contribution in [1.82, 2.24) is 24.6 Å². The average molecular weight is 340 g/mol. The Balaban J connectivity index is 1.72. The van der Waals surface area contributed by atoms with E-state index in [2.05, 4.69) is 15.1 Å². The number of piperidine rings is 1. The highest BCUT2D eigenvalue weighted by Crippen LogP contribution is 2.19. The van der Waals surface area contributed by atoms with Crippen LogP contribution < -0.4 is 10.3 Å². The minimum absolute atomic E-state index is 0.116. The molecule has 0 unspecified atom stereocenters. The van der Waals surface area contributed by atoms with Gasteiger partial charge in [0.2, 0.25) is 5.69 Å². The van der Waals surface area contributed by atoms with Crippen molar-refractivity contribution in [2.45, 2.75) is 18.9 Å². The summed E-state index contributed by atoms with van der Waals surface area (Å²) in [7, 11) is 1.50. The Labute approximate surface area is 143 Å². The molecule has 3 heterocycles. The fourth-order valence-electron chi connectivity index (χ4n) is 2.64. The second-order valence-electron chi connectivity index (χ2n) is 5.64. The molecule has 128 valence electrons. The Kier molecular flexibility index (Phi) is 4.70. The third-order valence-electron chi connectivity index (χ3n) is 3.89. The Bertz CT molecular complexity index is 888. The van der Waals surface area contributed by atoms with E-state index in [9.17, 15) is 9.59 Å². The number of hydrogen-bond acceptors (Lipinski definition) is 7. The molecule has 0 N–H and O–H groups in total. The van der Waals surface area contributed by atoms with Crippen LogP contribution >= 0.6 is 0 Å². The molecule has 1 aliphatic heterocycles. The first kappa shape index (κ1) is 16.6. The number of aromatic nitrogens is 4. The molecule has 0 saturated carbocycles. The van der Waals surface area contributed by atoms with Crippen molar-refractivity contribution in [3.63, 3.8) is 0 Å². The maximum Gasteiger partial charge on any atom is 0.274 e. The first-order valence-electron chi connectivity index (χ1n) is 7.80. The zero-order valence-electron chi connectivity index (χ0n) is 13.6. The van der Waals surface area contributed by atoms with Gasteiger partial charge in [0, 0.05) is 32.1 Å². The minimum atomic E-state index is -0.283. The minimum Gasteiger partial charge on any atom is -0.470 e. The lowest BCUT2D eigenvalue weighted by atomic mass is 10.1. The van der Waals surface area contributed by atoms with Crippen LogP contribution in [-0.4, -0.2) is 49.7 Å². The number of aryl methyl sites for hydroxylation is 1. The lowest BCUT2D eigenvalue weighted by Crippen LogP contribution is -2.45. The number of rotatable bonds is 3. The van der Waals surface area contributed by atoms with Crippen molar-refractivity contribution in [1.29, 1.82) is 5.26 Å². The van der Waals surface area contributed by atoms with Crippen molar-refractivity contribution in [2.75, 3.05) is 13.1 Å². The van der Waals surface area contributed by atoms with Gasteiger partial charge in [0.25, 0.3) is 17.3 Å². The SMILES string of the molecule is Cn1nc(C(=O)N2CCC[C@H](Oc3nccnc3C#N)C2)ccc1=O. The summed E-state index contributed by atoms with van der Waals surface area (Å²) < 4.78 is 6.90. The molecule has 0 aromatic carbocycles. The number of carbonyl (C=O) groups is 1. The van der Waals surface area contributed by atoms with E-state index < -0.39 is 0 Å². The molecule has 1 fully saturated rings. The van der Waals surface area contributed by atoms with Gasteiger partial charge in [0.1, 0.15) is 17.9 Å². The van der Waals surface area contributed by atoms with Crippen LogP contribution in [0.5, 0.6) is 5.88 Å². The molecular formula is C16H16N6O3. The van der Waals surface area contributed by atoms with E-state index >= 15 is 0 Å². The average Bonchev–Trinajstić information content (AvgIpc) is 2.64. The van der Waals surface area contributed by atoms with E-state index in [1.807, 2.05) is 6.07 Å². The van der Waals surface area contributed by atoms with Crippen LogP contribution in [0.4, 0.5) is 0 Å². The first-order chi connectivity index (χ1) is 12.1. The summed E-state index contributed by atoms with van der Waals surface area (Å²) in [4.78, 5) is 33.6. The van der Waals surface area contributed by atoms with E-state index in [4.69, 9.17) is 10.00 Å². The fourth-order valence-corrected chi connectivity index (χ4v) is 2.64. The van der Waals surface area contributed by atoms with Crippen molar-refractivity contribution in [3.8, 4) is 11.9 Å². The van der Waals surface area contributed by atoms with Crippen molar-refractivity contribution < 1.29 is 9.53 Å². The summed E-state index contributed by atoms with van der Waals surface area (Å²) in [5.74, 6) is -0.0897. The Morgan fingerprint density at radius 3 is 2.92 bits per heavy atom. The second kappa shape index (κ2) is 7.09. The number of amides is 1. The molecular weight excluding hydrogens is 324 g/mol. The van der Waals surface area contributed by atoms with Crippen LogP contribution in [0.1, 0.15) is 29.0 Å². The van der Waals surface area contributed by atoms with Gasteiger partial charge in [-0.25, -0.2) is 14.6 Å². The normalized spacial score (nSPS) is 17.0. The maximum atomic E-state index is 12.6. The largest absolute Gasteiger partial charge is 0.470 e. The molecule has 1 aliphatic rings. The van der Waals surface area contributed by atoms with Crippen molar-refractivity contribution >= 4 is 5.91 Å². The molecule has 0 radical (unpaired) electrons. The second-order valence-corrected chi connectivity index (χ2v) is 5.64. The van der Waals surface area contributed by atoms with Crippen molar-refractivity contribution in [2.24, 2.45) is 7.05 Å². The predicted octanol–water partition coefficient (Wildman–Crippen LogP) is 0.126. The summed E-state index contributed by atoms with van der Waals surface area (Å²) >= 11 is 0. The quantitative estimate of drug-likeness (QED) is 0.780. The van der Waals surface area contributed by atoms with Gasteiger partial charge < -0.3 is 9.64 Å². The Morgan fingerprint density at radius 1 is 1.36 bits per heavy atom. The van der Waals surface area contributed by atoms with Crippen LogP contribution in [0.25, 0.3) is 0 Å². The number of hydrogen-bond donors (Lipinski definition) is 0. The highest BCUT2D eigenvalue weighted by Gasteiger charge is 2.27. The Hall–Kier alpha value is -3.28. The summed E-state index contributed by atoms with van der Waals surface area (Å²) in [5.41, 5.74) is 0.0498. The van der Waals surface area contributed by atoms with Gasteiger partial charge in [0.05, 0.1) is 6.54 Å². The molecule has 9 heteroatoms. The molecule has 0 bridgehead atoms. The van der Waals surface area contributed by atoms with Gasteiger partial charge in [-0.3, -0.25) is 9.59 Å². The third-order valence-corrected chi connectivity index (χ3v) is 3.89. The lowest BCUT2D eigenvalue weighted by molar-refractivity contribution is 0.0518. The molecule has 0 aliphatic carbocycles. The van der Waals surface area contributed by atoms with E-state index in [0.717, 1.165) is 17.5 Å². The van der Waals surface area contributed by atoms with Crippen LogP contribution in [0.2, 0.25) is 0 Å². The van der Waals surface area contributed by atoms with Gasteiger partial charge in [-0.2, -0.15) is 10.4 Å². The molecule has 0 spiro atoms. The van der Waals surface area contributed by atoms with Crippen molar-refractivity contribution in [3.05, 3.63) is 46.3 Å². The van der Waals surface area contributed by atoms with Gasteiger partial charge >= 0.3 is 0 Å². The van der Waals surface area contributed by atoms with E-state index in [-0.39, 0.29) is 34.8 Å². The highest BCUT2D eigenvalue weighted by molar-refractivity contribution is 5.92. The van der Waals surface area contributed by atoms with Crippen LogP contribution in [0, 0.1) is 11.3 Å². The summed E-state index contributed by atoms with van der Waals surface area (Å²) in [6.45, 7) is 0.930. The zero-order valence-corrected chi connectivity index (χ0v) is 13.6. The maximum absolute atomic E-state index is 12.6. The topological polar surface area (TPSA) is 114 Å². The molecule has 1 amide bonds. The number of nitriles is 1. The Morgan fingerprint density at radius 2 is 2.16 bits per heavy atom. The van der Waals surface area contributed by atoms with Crippen LogP contribution in [-0.2, 0) is 7.05 Å². The zero-order chi connectivity index (χ0) is 17.8. The monoisotopic (exact) mass is 340 g/mol. The molecule has 1 saturated heterocycles. The predicted molar refractivity (Wildman–Crippen MR) is 85.8 cm³/mol. The molecule has 25 heavy (non-hydrogen) atoms. The van der Waals surface area contributed by atoms with Crippen LogP contribution in [0.15, 0.2) is 29.3 Å². The first-order valence-corrected chi connectivity index (χ1v) is 7.80. The molecule has 3 rings (SSSR count). The molecule has 1 atom stereocenters. The van der Waals surface area contributed by atoms with Gasteiger partial charge in [-0.15, -0.1) is 0 Å². The third kappa shape index (κ3) is 3.63. The number of carbonyl (C=O) groups excluding carboxylic acids is 1. The molecule has 2 aromatic heterocycles. The standard InChI is InChI=1S/C16H16N6O3/c1-21-14(23)5-4-12(20-21)16(24)22-8-2-3-11(10-22)25-15-13(9-17)18-6-7-19-15/h4-7,11H,2-3,8,10H2,1H3/t11-/m0/s1. The number of nitrogens with zero attached hydrogens (tertiary/aromatic N) is 6. The summed E-state index contributed by atoms with van der Waals surface area (Å²) in [6.07, 6.45) is 4.09. The van der Waals surface area contributed by atoms with E-state index in [1.165, 1.54) is 31.6 Å². The van der Waals surface area contributed by atoms with Crippen LogP contribution in [0.3, 0.4) is 0 Å². The van der Waals surface area contributed by atoms with Gasteiger partial charge in [-0.1, -0.05) is 0 Å².